The molecule has 9 heteroatoms. The van der Waals surface area contributed by atoms with Gasteiger partial charge < -0.3 is 14.5 Å². The number of likely N-dealkylation sites (tertiary alicyclic amines) is 1. The second kappa shape index (κ2) is 10.2. The van der Waals surface area contributed by atoms with Crippen molar-refractivity contribution in [2.24, 2.45) is 5.92 Å². The summed E-state index contributed by atoms with van der Waals surface area (Å²) in [7, 11) is -1.60. The lowest BCUT2D eigenvalue weighted by atomic mass is 9.97. The predicted molar refractivity (Wildman–Crippen MR) is 122 cm³/mol. The van der Waals surface area contributed by atoms with E-state index in [0.717, 1.165) is 24.7 Å². The van der Waals surface area contributed by atoms with E-state index in [1.54, 1.807) is 47.2 Å². The maximum atomic E-state index is 12.6. The summed E-state index contributed by atoms with van der Waals surface area (Å²) in [6.45, 7) is 7.32. The molecule has 1 fully saturated rings. The number of anilines is 1. The number of ether oxygens (including phenoxy) is 1. The zero-order valence-electron chi connectivity index (χ0n) is 18.9. The molecule has 1 aliphatic heterocycles. The van der Waals surface area contributed by atoms with Crippen LogP contribution in [0.25, 0.3) is 6.08 Å². The average molecular weight is 452 g/mol. The molecule has 1 atom stereocenters. The van der Waals surface area contributed by atoms with Gasteiger partial charge in [-0.25, -0.2) is 13.2 Å². The normalized spacial score (nSPS) is 17.5. The fourth-order valence-corrected chi connectivity index (χ4v) is 3.93. The van der Waals surface area contributed by atoms with Gasteiger partial charge in [-0.15, -0.1) is 0 Å². The largest absolute Gasteiger partial charge is 0.444 e. The Hall–Kier alpha value is -2.55. The van der Waals surface area contributed by atoms with Crippen LogP contribution in [0.1, 0.15) is 39.2 Å². The van der Waals surface area contributed by atoms with Gasteiger partial charge in [-0.05, 0) is 63.3 Å². The molecule has 0 aliphatic carbocycles. The zero-order valence-corrected chi connectivity index (χ0v) is 19.7. The first-order valence-corrected chi connectivity index (χ1v) is 12.2. The smallest absolute Gasteiger partial charge is 0.410 e. The molecule has 1 saturated heterocycles. The van der Waals surface area contributed by atoms with E-state index in [4.69, 9.17) is 4.74 Å². The van der Waals surface area contributed by atoms with Crippen LogP contribution in [0.3, 0.4) is 0 Å². The average Bonchev–Trinajstić information content (AvgIpc) is 2.65. The van der Waals surface area contributed by atoms with Crippen molar-refractivity contribution in [2.75, 3.05) is 37.7 Å². The van der Waals surface area contributed by atoms with Gasteiger partial charge in [0.05, 0.1) is 6.26 Å². The molecule has 31 heavy (non-hydrogen) atoms. The summed E-state index contributed by atoms with van der Waals surface area (Å²) in [5, 5.41) is 0. The fraction of sp³-hybridized carbons (Fsp3) is 0.545. The number of sulfonamides is 1. The quantitative estimate of drug-likeness (QED) is 0.670. The molecule has 1 aromatic rings. The highest BCUT2D eigenvalue weighted by Gasteiger charge is 2.26. The molecule has 1 aliphatic rings. The predicted octanol–water partition coefficient (Wildman–Crippen LogP) is 3.18. The summed E-state index contributed by atoms with van der Waals surface area (Å²) in [6.07, 6.45) is 5.82. The zero-order chi connectivity index (χ0) is 23.2. The van der Waals surface area contributed by atoms with Gasteiger partial charge in [0.15, 0.2) is 0 Å². The van der Waals surface area contributed by atoms with E-state index in [9.17, 15) is 18.0 Å². The summed E-state index contributed by atoms with van der Waals surface area (Å²) in [4.78, 5) is 28.2. The lowest BCUT2D eigenvalue weighted by Crippen LogP contribution is -2.44. The van der Waals surface area contributed by atoms with Crippen molar-refractivity contribution in [3.63, 3.8) is 0 Å². The maximum absolute atomic E-state index is 12.6. The Morgan fingerprint density at radius 1 is 1.26 bits per heavy atom. The van der Waals surface area contributed by atoms with E-state index in [2.05, 4.69) is 4.72 Å². The van der Waals surface area contributed by atoms with Gasteiger partial charge in [0, 0.05) is 38.4 Å². The molecule has 2 amide bonds. The van der Waals surface area contributed by atoms with Crippen LogP contribution in [0.15, 0.2) is 30.3 Å². The lowest BCUT2D eigenvalue weighted by Gasteiger charge is -2.34. The van der Waals surface area contributed by atoms with Crippen molar-refractivity contribution < 1.29 is 22.7 Å². The Kier molecular flexibility index (Phi) is 8.11. The molecule has 1 N–H and O–H groups in total. The van der Waals surface area contributed by atoms with Crippen molar-refractivity contribution in [3.8, 4) is 0 Å². The van der Waals surface area contributed by atoms with E-state index in [1.807, 2.05) is 20.8 Å². The maximum Gasteiger partial charge on any atom is 0.410 e. The van der Waals surface area contributed by atoms with Gasteiger partial charge in [-0.3, -0.25) is 9.52 Å². The van der Waals surface area contributed by atoms with Crippen LogP contribution >= 0.6 is 0 Å². The monoisotopic (exact) mass is 451 g/mol. The molecule has 1 unspecified atom stereocenters. The molecular weight excluding hydrogens is 418 g/mol. The molecule has 8 nitrogen and oxygen atoms in total. The minimum Gasteiger partial charge on any atom is -0.444 e. The van der Waals surface area contributed by atoms with Gasteiger partial charge >= 0.3 is 6.09 Å². The van der Waals surface area contributed by atoms with Gasteiger partial charge in [0.25, 0.3) is 0 Å². The Morgan fingerprint density at radius 3 is 2.48 bits per heavy atom. The number of nitrogens with one attached hydrogen (secondary N) is 1. The van der Waals surface area contributed by atoms with E-state index in [1.165, 1.54) is 6.08 Å². The van der Waals surface area contributed by atoms with Gasteiger partial charge in [-0.1, -0.05) is 12.1 Å². The number of hydrogen-bond acceptors (Lipinski definition) is 5. The second-order valence-corrected chi connectivity index (χ2v) is 10.7. The molecule has 0 saturated carbocycles. The summed E-state index contributed by atoms with van der Waals surface area (Å²) in [5.74, 6) is 0.118. The number of carbonyl (C=O) groups is 2. The molecule has 0 aromatic heterocycles. The number of carbonyl (C=O) groups excluding carboxylic acids is 2. The summed E-state index contributed by atoms with van der Waals surface area (Å²) in [5.41, 5.74) is 0.730. The number of amides is 2. The number of hydrogen-bond donors (Lipinski definition) is 1. The van der Waals surface area contributed by atoms with Gasteiger partial charge in [0.1, 0.15) is 5.60 Å². The Bertz CT molecular complexity index is 904. The molecular formula is C22H33N3O5S. The van der Waals surface area contributed by atoms with Crippen molar-refractivity contribution in [1.29, 1.82) is 0 Å². The third-order valence-corrected chi connectivity index (χ3v) is 5.31. The minimum absolute atomic E-state index is 0.0806. The minimum atomic E-state index is -3.32. The summed E-state index contributed by atoms with van der Waals surface area (Å²) < 4.78 is 30.3. The van der Waals surface area contributed by atoms with Crippen LogP contribution in [0.4, 0.5) is 10.5 Å². The number of benzene rings is 1. The molecule has 1 heterocycles. The Morgan fingerprint density at radius 2 is 1.90 bits per heavy atom. The van der Waals surface area contributed by atoms with E-state index in [-0.39, 0.29) is 17.9 Å². The van der Waals surface area contributed by atoms with Crippen molar-refractivity contribution in [1.82, 2.24) is 9.80 Å². The van der Waals surface area contributed by atoms with Crippen molar-refractivity contribution in [3.05, 3.63) is 35.9 Å². The lowest BCUT2D eigenvalue weighted by molar-refractivity contribution is -0.127. The van der Waals surface area contributed by atoms with Crippen molar-refractivity contribution >= 4 is 33.8 Å². The van der Waals surface area contributed by atoms with Crippen LogP contribution in [-0.2, 0) is 19.6 Å². The SMILES string of the molecule is CN(CC1CCCN(C(=O)/C=C/c2ccc(NS(C)(=O)=O)cc2)C1)C(=O)OC(C)(C)C. The highest BCUT2D eigenvalue weighted by atomic mass is 32.2. The van der Waals surface area contributed by atoms with Crippen LogP contribution in [0, 0.1) is 5.92 Å². The molecule has 2 rings (SSSR count). The van der Waals surface area contributed by atoms with E-state index < -0.39 is 15.6 Å². The first-order chi connectivity index (χ1) is 14.3. The van der Waals surface area contributed by atoms with Gasteiger partial charge in [0.2, 0.25) is 15.9 Å². The molecule has 172 valence electrons. The van der Waals surface area contributed by atoms with Crippen LogP contribution in [0.5, 0.6) is 0 Å². The van der Waals surface area contributed by atoms with E-state index >= 15 is 0 Å². The number of rotatable bonds is 6. The summed E-state index contributed by atoms with van der Waals surface area (Å²) in [6, 6.07) is 6.78. The van der Waals surface area contributed by atoms with Crippen LogP contribution in [0.2, 0.25) is 0 Å². The highest BCUT2D eigenvalue weighted by Crippen LogP contribution is 2.19. The molecule has 1 aromatic carbocycles. The third kappa shape index (κ3) is 9.00. The highest BCUT2D eigenvalue weighted by molar-refractivity contribution is 7.92. The summed E-state index contributed by atoms with van der Waals surface area (Å²) >= 11 is 0. The van der Waals surface area contributed by atoms with Gasteiger partial charge in [-0.2, -0.15) is 0 Å². The Labute approximate surface area is 185 Å². The number of piperidine rings is 1. The molecule has 0 radical (unpaired) electrons. The first kappa shape index (κ1) is 24.7. The number of nitrogens with zero attached hydrogens (tertiary/aromatic N) is 2. The van der Waals surface area contributed by atoms with E-state index in [0.29, 0.717) is 25.3 Å². The molecule has 0 bridgehead atoms. The van der Waals surface area contributed by atoms with Crippen molar-refractivity contribution in [2.45, 2.75) is 39.2 Å². The Balaban J connectivity index is 1.90. The first-order valence-electron chi connectivity index (χ1n) is 10.3. The van der Waals surface area contributed by atoms with Crippen LogP contribution in [-0.4, -0.2) is 68.8 Å². The standard InChI is InChI=1S/C22H33N3O5S/c1-22(2,3)30-21(27)24(4)15-18-7-6-14-25(16-18)20(26)13-10-17-8-11-19(12-9-17)23-31(5,28)29/h8-13,18,23H,6-7,14-16H2,1-5H3/b13-10+. The fourth-order valence-electron chi connectivity index (χ4n) is 3.37. The molecule has 0 spiro atoms. The van der Waals surface area contributed by atoms with Crippen LogP contribution < -0.4 is 4.72 Å². The topological polar surface area (TPSA) is 96.0 Å². The second-order valence-electron chi connectivity index (χ2n) is 8.98. The third-order valence-electron chi connectivity index (χ3n) is 4.70.